The number of aromatic nitrogens is 6. The SMILES string of the molecule is Clc1ccc(OCc2cccc(-c3nc4c5cn[nH]c5ncn4n3)c2)cc1. The zero-order chi connectivity index (χ0) is 18.2. The molecule has 8 heteroatoms. The number of ether oxygens (including phenoxy) is 1. The number of nitrogens with one attached hydrogen (secondary N) is 1. The zero-order valence-electron chi connectivity index (χ0n) is 14.0. The molecule has 2 aromatic carbocycles. The summed E-state index contributed by atoms with van der Waals surface area (Å²) in [6, 6.07) is 15.3. The van der Waals surface area contributed by atoms with Crippen molar-refractivity contribution in [3.8, 4) is 17.1 Å². The third kappa shape index (κ3) is 2.98. The highest BCUT2D eigenvalue weighted by Crippen LogP contribution is 2.22. The maximum Gasteiger partial charge on any atom is 0.182 e. The minimum Gasteiger partial charge on any atom is -0.489 e. The number of hydrogen-bond donors (Lipinski definition) is 1. The molecule has 0 aliphatic rings. The summed E-state index contributed by atoms with van der Waals surface area (Å²) in [5, 5.41) is 12.9. The van der Waals surface area contributed by atoms with Gasteiger partial charge < -0.3 is 4.74 Å². The molecule has 0 saturated carbocycles. The Morgan fingerprint density at radius 3 is 2.89 bits per heavy atom. The van der Waals surface area contributed by atoms with Crippen LogP contribution in [-0.4, -0.2) is 29.8 Å². The first kappa shape index (κ1) is 15.8. The van der Waals surface area contributed by atoms with Crippen LogP contribution in [0, 0.1) is 0 Å². The molecule has 0 unspecified atom stereocenters. The Labute approximate surface area is 158 Å². The van der Waals surface area contributed by atoms with Crippen LogP contribution in [0.15, 0.2) is 61.1 Å². The second-order valence-electron chi connectivity index (χ2n) is 6.02. The van der Waals surface area contributed by atoms with Crippen molar-refractivity contribution in [1.82, 2.24) is 29.8 Å². The van der Waals surface area contributed by atoms with Crippen LogP contribution in [0.1, 0.15) is 5.56 Å². The van der Waals surface area contributed by atoms with Gasteiger partial charge in [0.05, 0.1) is 11.6 Å². The van der Waals surface area contributed by atoms with Gasteiger partial charge in [-0.15, -0.1) is 5.10 Å². The van der Waals surface area contributed by atoms with Crippen molar-refractivity contribution in [1.29, 1.82) is 0 Å². The van der Waals surface area contributed by atoms with Gasteiger partial charge in [-0.25, -0.2) is 14.5 Å². The third-order valence-corrected chi connectivity index (χ3v) is 4.44. The van der Waals surface area contributed by atoms with Crippen LogP contribution < -0.4 is 4.74 Å². The summed E-state index contributed by atoms with van der Waals surface area (Å²) < 4.78 is 7.47. The lowest BCUT2D eigenvalue weighted by atomic mass is 10.1. The fourth-order valence-corrected chi connectivity index (χ4v) is 2.99. The first-order valence-electron chi connectivity index (χ1n) is 8.28. The standard InChI is InChI=1S/C19H13ClN6O/c20-14-4-6-15(7-5-14)27-10-12-2-1-3-13(8-12)17-23-19-16-9-22-24-18(16)21-11-26(19)25-17/h1-9,11H,10H2,(H,22,24). The second kappa shape index (κ2) is 6.37. The molecule has 1 N–H and O–H groups in total. The largest absolute Gasteiger partial charge is 0.489 e. The molecule has 0 bridgehead atoms. The average Bonchev–Trinajstić information content (AvgIpc) is 3.34. The monoisotopic (exact) mass is 376 g/mol. The molecule has 3 aromatic heterocycles. The van der Waals surface area contributed by atoms with E-state index in [4.69, 9.17) is 16.3 Å². The molecule has 0 aliphatic heterocycles. The van der Waals surface area contributed by atoms with E-state index in [0.717, 1.165) is 22.3 Å². The molecule has 132 valence electrons. The van der Waals surface area contributed by atoms with Crippen LogP contribution >= 0.6 is 11.6 Å². The molecule has 0 saturated heterocycles. The number of nitrogens with zero attached hydrogens (tertiary/aromatic N) is 5. The number of aromatic amines is 1. The predicted octanol–water partition coefficient (Wildman–Crippen LogP) is 3.90. The predicted molar refractivity (Wildman–Crippen MR) is 102 cm³/mol. The number of halogens is 1. The van der Waals surface area contributed by atoms with E-state index < -0.39 is 0 Å². The summed E-state index contributed by atoms with van der Waals surface area (Å²) in [5.41, 5.74) is 3.33. The molecule has 0 aliphatic carbocycles. The second-order valence-corrected chi connectivity index (χ2v) is 6.46. The molecule has 0 fully saturated rings. The van der Waals surface area contributed by atoms with E-state index in [0.29, 0.717) is 28.7 Å². The Bertz CT molecular complexity index is 1240. The molecule has 27 heavy (non-hydrogen) atoms. The lowest BCUT2D eigenvalue weighted by Crippen LogP contribution is -1.96. The lowest BCUT2D eigenvalue weighted by Gasteiger charge is -2.07. The van der Waals surface area contributed by atoms with Gasteiger partial charge in [-0.1, -0.05) is 29.8 Å². The van der Waals surface area contributed by atoms with Gasteiger partial charge in [-0.3, -0.25) is 5.10 Å². The van der Waals surface area contributed by atoms with Crippen molar-refractivity contribution in [2.45, 2.75) is 6.61 Å². The van der Waals surface area contributed by atoms with Gasteiger partial charge in [-0.05, 0) is 35.9 Å². The number of hydrogen-bond acceptors (Lipinski definition) is 5. The molecule has 0 spiro atoms. The van der Waals surface area contributed by atoms with E-state index in [1.807, 2.05) is 36.4 Å². The van der Waals surface area contributed by atoms with Gasteiger partial charge in [0.1, 0.15) is 18.7 Å². The molecule has 0 radical (unpaired) electrons. The molecule has 3 heterocycles. The van der Waals surface area contributed by atoms with Crippen molar-refractivity contribution in [2.24, 2.45) is 0 Å². The number of benzene rings is 2. The van der Waals surface area contributed by atoms with Crippen LogP contribution in [0.3, 0.4) is 0 Å². The minimum atomic E-state index is 0.441. The van der Waals surface area contributed by atoms with Crippen LogP contribution in [0.4, 0.5) is 0 Å². The highest BCUT2D eigenvalue weighted by Gasteiger charge is 2.11. The van der Waals surface area contributed by atoms with E-state index in [-0.39, 0.29) is 0 Å². The number of fused-ring (bicyclic) bond motifs is 3. The minimum absolute atomic E-state index is 0.441. The van der Waals surface area contributed by atoms with Crippen molar-refractivity contribution >= 4 is 28.3 Å². The Balaban J connectivity index is 1.44. The summed E-state index contributed by atoms with van der Waals surface area (Å²) in [7, 11) is 0. The fourth-order valence-electron chi connectivity index (χ4n) is 2.86. The van der Waals surface area contributed by atoms with Gasteiger partial charge in [0.15, 0.2) is 17.1 Å². The zero-order valence-corrected chi connectivity index (χ0v) is 14.8. The van der Waals surface area contributed by atoms with E-state index in [9.17, 15) is 0 Å². The van der Waals surface area contributed by atoms with Gasteiger partial charge in [0, 0.05) is 10.6 Å². The Morgan fingerprint density at radius 2 is 2.00 bits per heavy atom. The van der Waals surface area contributed by atoms with Gasteiger partial charge >= 0.3 is 0 Å². The smallest absolute Gasteiger partial charge is 0.182 e. The van der Waals surface area contributed by atoms with Crippen LogP contribution in [-0.2, 0) is 6.61 Å². The Morgan fingerprint density at radius 1 is 1.11 bits per heavy atom. The summed E-state index contributed by atoms with van der Waals surface area (Å²) in [4.78, 5) is 8.92. The average molecular weight is 377 g/mol. The molecule has 0 atom stereocenters. The van der Waals surface area contributed by atoms with Gasteiger partial charge in [0.2, 0.25) is 0 Å². The molecule has 5 aromatic rings. The Hall–Kier alpha value is -3.45. The van der Waals surface area contributed by atoms with Crippen LogP contribution in [0.5, 0.6) is 5.75 Å². The summed E-state index contributed by atoms with van der Waals surface area (Å²) >= 11 is 5.90. The van der Waals surface area contributed by atoms with Crippen molar-refractivity contribution < 1.29 is 4.74 Å². The van der Waals surface area contributed by atoms with Crippen molar-refractivity contribution in [3.05, 3.63) is 71.6 Å². The number of H-pyrrole nitrogens is 1. The molecular formula is C19H13ClN6O. The summed E-state index contributed by atoms with van der Waals surface area (Å²) in [6.07, 6.45) is 3.33. The maximum atomic E-state index is 5.90. The van der Waals surface area contributed by atoms with Crippen LogP contribution in [0.25, 0.3) is 28.1 Å². The van der Waals surface area contributed by atoms with Gasteiger partial charge in [-0.2, -0.15) is 5.10 Å². The van der Waals surface area contributed by atoms with Crippen molar-refractivity contribution in [2.75, 3.05) is 0 Å². The molecule has 7 nitrogen and oxygen atoms in total. The first-order valence-corrected chi connectivity index (χ1v) is 8.66. The quantitative estimate of drug-likeness (QED) is 0.514. The summed E-state index contributed by atoms with van der Waals surface area (Å²) in [6.45, 7) is 0.441. The highest BCUT2D eigenvalue weighted by atomic mass is 35.5. The Kier molecular flexibility index (Phi) is 3.72. The lowest BCUT2D eigenvalue weighted by molar-refractivity contribution is 0.306. The van der Waals surface area contributed by atoms with Gasteiger partial charge in [0.25, 0.3) is 0 Å². The van der Waals surface area contributed by atoms with E-state index in [1.165, 1.54) is 0 Å². The van der Waals surface area contributed by atoms with Crippen LogP contribution in [0.2, 0.25) is 5.02 Å². The topological polar surface area (TPSA) is 81.0 Å². The maximum absolute atomic E-state index is 5.90. The van der Waals surface area contributed by atoms with E-state index in [2.05, 4.69) is 25.3 Å². The third-order valence-electron chi connectivity index (χ3n) is 4.19. The van der Waals surface area contributed by atoms with E-state index in [1.54, 1.807) is 29.2 Å². The molecule has 0 amide bonds. The first-order chi connectivity index (χ1) is 13.3. The highest BCUT2D eigenvalue weighted by molar-refractivity contribution is 6.30. The fraction of sp³-hybridized carbons (Fsp3) is 0.0526. The number of rotatable bonds is 4. The van der Waals surface area contributed by atoms with E-state index >= 15 is 0 Å². The molecule has 5 rings (SSSR count). The summed E-state index contributed by atoms with van der Waals surface area (Å²) in [5.74, 6) is 1.39. The van der Waals surface area contributed by atoms with Crippen molar-refractivity contribution in [3.63, 3.8) is 0 Å². The molecular weight excluding hydrogens is 364 g/mol. The normalized spacial score (nSPS) is 11.3.